The van der Waals surface area contributed by atoms with Crippen molar-refractivity contribution >= 4 is 15.9 Å². The summed E-state index contributed by atoms with van der Waals surface area (Å²) in [7, 11) is 0.181. The Morgan fingerprint density at radius 1 is 1.27 bits per heavy atom. The summed E-state index contributed by atoms with van der Waals surface area (Å²) in [6, 6.07) is -0.140. The minimum Gasteiger partial charge on any atom is -0.372 e. The minimum absolute atomic E-state index is 0.0135. The number of ether oxygens (including phenoxy) is 2. The largest absolute Gasteiger partial charge is 0.372 e. The summed E-state index contributed by atoms with van der Waals surface area (Å²) in [5, 5.41) is -0.193. The number of amides is 1. The van der Waals surface area contributed by atoms with Crippen molar-refractivity contribution in [1.82, 2.24) is 9.21 Å². The van der Waals surface area contributed by atoms with Crippen LogP contribution in [0.2, 0.25) is 0 Å². The first-order valence-electron chi connectivity index (χ1n) is 7.85. The Kier molecular flexibility index (Phi) is 4.46. The molecule has 0 spiro atoms. The lowest BCUT2D eigenvalue weighted by Gasteiger charge is -2.38. The summed E-state index contributed by atoms with van der Waals surface area (Å²) in [6.07, 6.45) is 2.55. The maximum atomic E-state index is 12.5. The molecule has 0 aromatic rings. The smallest absolute Gasteiger partial charge is 0.248 e. The van der Waals surface area contributed by atoms with E-state index in [1.165, 1.54) is 4.90 Å². The number of likely N-dealkylation sites (N-methyl/N-ethyl adjacent to an activating group) is 1. The summed E-state index contributed by atoms with van der Waals surface area (Å²) in [6.45, 7) is 0.845. The first-order chi connectivity index (χ1) is 10.4. The maximum Gasteiger partial charge on any atom is 0.248 e. The lowest BCUT2D eigenvalue weighted by Crippen LogP contribution is -2.54. The van der Waals surface area contributed by atoms with Gasteiger partial charge in [0, 0.05) is 20.6 Å². The van der Waals surface area contributed by atoms with Gasteiger partial charge in [-0.15, -0.1) is 0 Å². The van der Waals surface area contributed by atoms with Gasteiger partial charge in [0.1, 0.15) is 12.7 Å². The highest BCUT2D eigenvalue weighted by Gasteiger charge is 2.51. The summed E-state index contributed by atoms with van der Waals surface area (Å²) >= 11 is 0. The van der Waals surface area contributed by atoms with Crippen molar-refractivity contribution in [2.24, 2.45) is 0 Å². The third-order valence-electron chi connectivity index (χ3n) is 4.68. The third kappa shape index (κ3) is 3.02. The molecule has 3 rings (SSSR count). The van der Waals surface area contributed by atoms with E-state index in [2.05, 4.69) is 0 Å². The second kappa shape index (κ2) is 6.07. The zero-order valence-electron chi connectivity index (χ0n) is 13.1. The van der Waals surface area contributed by atoms with Crippen LogP contribution < -0.4 is 0 Å². The lowest BCUT2D eigenvalue weighted by molar-refractivity contribution is -0.141. The fourth-order valence-corrected chi connectivity index (χ4v) is 5.29. The van der Waals surface area contributed by atoms with Crippen molar-refractivity contribution in [1.29, 1.82) is 0 Å². The number of fused-ring (bicyclic) bond motifs is 1. The van der Waals surface area contributed by atoms with Crippen LogP contribution in [-0.4, -0.2) is 80.9 Å². The highest BCUT2D eigenvalue weighted by Crippen LogP contribution is 2.38. The molecule has 1 aliphatic heterocycles. The highest BCUT2D eigenvalue weighted by atomic mass is 32.2. The molecule has 7 nitrogen and oxygen atoms in total. The molecule has 3 aliphatic rings. The van der Waals surface area contributed by atoms with Gasteiger partial charge in [-0.2, -0.15) is 4.31 Å². The molecular weight excluding hydrogens is 308 g/mol. The number of sulfonamides is 1. The molecule has 0 aromatic carbocycles. The molecule has 2 saturated carbocycles. The second-order valence-corrected chi connectivity index (χ2v) is 8.64. The van der Waals surface area contributed by atoms with Crippen molar-refractivity contribution in [2.45, 2.75) is 49.2 Å². The molecule has 3 fully saturated rings. The van der Waals surface area contributed by atoms with Crippen molar-refractivity contribution in [3.05, 3.63) is 0 Å². The number of carbonyl (C=O) groups excluding carboxylic acids is 1. The van der Waals surface area contributed by atoms with E-state index in [0.717, 1.165) is 25.7 Å². The van der Waals surface area contributed by atoms with E-state index in [1.807, 2.05) is 0 Å². The number of hydrogen-bond acceptors (Lipinski definition) is 5. The van der Waals surface area contributed by atoms with E-state index in [9.17, 15) is 13.2 Å². The number of rotatable bonds is 5. The van der Waals surface area contributed by atoms with E-state index in [4.69, 9.17) is 9.47 Å². The molecule has 0 N–H and O–H groups in total. The quantitative estimate of drug-likeness (QED) is 0.698. The summed E-state index contributed by atoms with van der Waals surface area (Å²) < 4.78 is 38.1. The molecule has 1 heterocycles. The molecule has 8 heteroatoms. The van der Waals surface area contributed by atoms with Crippen LogP contribution in [0.5, 0.6) is 0 Å². The van der Waals surface area contributed by atoms with Gasteiger partial charge in [-0.05, 0) is 25.7 Å². The summed E-state index contributed by atoms with van der Waals surface area (Å²) in [5.41, 5.74) is 0. The average molecular weight is 332 g/mol. The van der Waals surface area contributed by atoms with Gasteiger partial charge >= 0.3 is 0 Å². The Labute approximate surface area is 131 Å². The van der Waals surface area contributed by atoms with Gasteiger partial charge in [0.25, 0.3) is 0 Å². The van der Waals surface area contributed by atoms with Crippen LogP contribution in [0.15, 0.2) is 0 Å². The Morgan fingerprint density at radius 3 is 2.64 bits per heavy atom. The lowest BCUT2D eigenvalue weighted by atomic mass is 10.1. The van der Waals surface area contributed by atoms with E-state index in [-0.39, 0.29) is 36.0 Å². The normalized spacial score (nSPS) is 32.7. The van der Waals surface area contributed by atoms with Crippen LogP contribution >= 0.6 is 0 Å². The van der Waals surface area contributed by atoms with E-state index >= 15 is 0 Å². The molecule has 1 saturated heterocycles. The van der Waals surface area contributed by atoms with Gasteiger partial charge in [-0.1, -0.05) is 0 Å². The number of nitrogens with zero attached hydrogens (tertiary/aromatic N) is 2. The minimum atomic E-state index is -3.19. The highest BCUT2D eigenvalue weighted by molar-refractivity contribution is 7.90. The van der Waals surface area contributed by atoms with E-state index in [0.29, 0.717) is 13.2 Å². The summed E-state index contributed by atoms with van der Waals surface area (Å²) in [4.78, 5) is 13.1. The van der Waals surface area contributed by atoms with E-state index < -0.39 is 10.0 Å². The monoisotopic (exact) mass is 332 g/mol. The molecule has 0 bridgehead atoms. The zero-order valence-corrected chi connectivity index (χ0v) is 13.9. The van der Waals surface area contributed by atoms with Crippen LogP contribution in [0.3, 0.4) is 0 Å². The van der Waals surface area contributed by atoms with Gasteiger partial charge in [-0.3, -0.25) is 4.79 Å². The van der Waals surface area contributed by atoms with Crippen molar-refractivity contribution in [3.63, 3.8) is 0 Å². The summed E-state index contributed by atoms with van der Waals surface area (Å²) in [5.74, 6) is -0.0956. The van der Waals surface area contributed by atoms with Gasteiger partial charge in [0.2, 0.25) is 15.9 Å². The van der Waals surface area contributed by atoms with Crippen molar-refractivity contribution in [2.75, 3.05) is 33.9 Å². The third-order valence-corrected chi connectivity index (χ3v) is 7.10. The van der Waals surface area contributed by atoms with E-state index in [1.54, 1.807) is 18.4 Å². The Morgan fingerprint density at radius 2 is 2.00 bits per heavy atom. The van der Waals surface area contributed by atoms with Gasteiger partial charge < -0.3 is 14.4 Å². The zero-order chi connectivity index (χ0) is 15.9. The van der Waals surface area contributed by atoms with Gasteiger partial charge in [0.15, 0.2) is 0 Å². The molecule has 0 radical (unpaired) electrons. The Balaban J connectivity index is 1.64. The van der Waals surface area contributed by atoms with Crippen LogP contribution in [-0.2, 0) is 24.3 Å². The topological polar surface area (TPSA) is 76.2 Å². The number of hydrogen-bond donors (Lipinski definition) is 0. The SMILES string of the molecule is CN(C)C(=O)CO[C@@H]1CC[C@H]2[C@H]1OCCN2S(=O)(=O)C1CC1. The second-order valence-electron chi connectivity index (χ2n) is 6.47. The molecule has 1 amide bonds. The molecule has 3 atom stereocenters. The predicted molar refractivity (Wildman–Crippen MR) is 79.8 cm³/mol. The van der Waals surface area contributed by atoms with Crippen LogP contribution in [0, 0.1) is 0 Å². The van der Waals surface area contributed by atoms with Crippen molar-refractivity contribution < 1.29 is 22.7 Å². The number of morpholine rings is 1. The molecule has 0 unspecified atom stereocenters. The molecule has 126 valence electrons. The molecule has 2 aliphatic carbocycles. The van der Waals surface area contributed by atoms with Crippen LogP contribution in [0.1, 0.15) is 25.7 Å². The molecule has 22 heavy (non-hydrogen) atoms. The maximum absolute atomic E-state index is 12.5. The van der Waals surface area contributed by atoms with Crippen molar-refractivity contribution in [3.8, 4) is 0 Å². The van der Waals surface area contributed by atoms with Gasteiger partial charge in [-0.25, -0.2) is 8.42 Å². The molecule has 0 aromatic heterocycles. The first kappa shape index (κ1) is 16.2. The Hall–Kier alpha value is -0.700. The Bertz CT molecular complexity index is 531. The fraction of sp³-hybridized carbons (Fsp3) is 0.929. The molecular formula is C14H24N2O5S. The van der Waals surface area contributed by atoms with Gasteiger partial charge in [0.05, 0.1) is 24.0 Å². The van der Waals surface area contributed by atoms with Crippen LogP contribution in [0.25, 0.3) is 0 Å². The predicted octanol–water partition coefficient (Wildman–Crippen LogP) is -0.185. The standard InChI is InChI=1S/C14H24N2O5S/c1-15(2)13(17)9-21-12-6-5-11-14(12)20-8-7-16(11)22(18,19)10-3-4-10/h10-12,14H,3-9H2,1-2H3/t11-,12+,14+/m0/s1. The number of carbonyl (C=O) groups is 1. The first-order valence-corrected chi connectivity index (χ1v) is 9.35. The average Bonchev–Trinajstić information content (AvgIpc) is 3.26. The van der Waals surface area contributed by atoms with Crippen LogP contribution in [0.4, 0.5) is 0 Å². The fourth-order valence-electron chi connectivity index (χ4n) is 3.24.